The van der Waals surface area contributed by atoms with Crippen LogP contribution in [0.25, 0.3) is 0 Å². The summed E-state index contributed by atoms with van der Waals surface area (Å²) >= 11 is 0. The average Bonchev–Trinajstić information content (AvgIpc) is 2.74. The van der Waals surface area contributed by atoms with Crippen LogP contribution in [0.3, 0.4) is 0 Å². The molecule has 1 aliphatic heterocycles. The van der Waals surface area contributed by atoms with Crippen molar-refractivity contribution >= 4 is 18.2 Å². The molecule has 1 N–H and O–H groups in total. The molecule has 2 aromatic rings. The summed E-state index contributed by atoms with van der Waals surface area (Å²) in [6, 6.07) is 5.88. The molecule has 1 fully saturated rings. The lowest BCUT2D eigenvalue weighted by Gasteiger charge is -2.32. The lowest BCUT2D eigenvalue weighted by molar-refractivity contribution is -0.118. The monoisotopic (exact) mass is 372 g/mol. The second kappa shape index (κ2) is 9.02. The van der Waals surface area contributed by atoms with E-state index in [0.717, 1.165) is 24.1 Å². The number of amides is 1. The van der Waals surface area contributed by atoms with Gasteiger partial charge < -0.3 is 24.6 Å². The minimum atomic E-state index is 0.580. The topological polar surface area (TPSA) is 92.7 Å². The first-order valence-electron chi connectivity index (χ1n) is 8.82. The molecule has 0 spiro atoms. The molecular weight excluding hydrogens is 348 g/mol. The fourth-order valence-electron chi connectivity index (χ4n) is 2.91. The van der Waals surface area contributed by atoms with E-state index in [9.17, 15) is 4.79 Å². The summed E-state index contributed by atoms with van der Waals surface area (Å²) in [6.07, 6.45) is 3.29. The maximum absolute atomic E-state index is 10.8. The summed E-state index contributed by atoms with van der Waals surface area (Å²) in [4.78, 5) is 19.1. The highest BCUT2D eigenvalue weighted by Crippen LogP contribution is 2.27. The molecule has 0 aliphatic carbocycles. The molecule has 0 saturated carbocycles. The highest BCUT2D eigenvalue weighted by atomic mass is 16.5. The molecule has 1 saturated heterocycles. The van der Waals surface area contributed by atoms with E-state index in [1.54, 1.807) is 25.3 Å². The molecule has 1 aliphatic rings. The lowest BCUT2D eigenvalue weighted by atomic mass is 10.1. The molecule has 9 heteroatoms. The van der Waals surface area contributed by atoms with Crippen LogP contribution in [0.15, 0.2) is 24.4 Å². The zero-order valence-corrected chi connectivity index (χ0v) is 15.6. The van der Waals surface area contributed by atoms with Gasteiger partial charge in [-0.3, -0.25) is 4.79 Å². The number of hydrogen-bond acceptors (Lipinski definition) is 8. The Morgan fingerprint density at radius 2 is 1.93 bits per heavy atom. The van der Waals surface area contributed by atoms with Crippen molar-refractivity contribution in [1.82, 2.24) is 20.1 Å². The first-order chi connectivity index (χ1) is 13.2. The third-order valence-electron chi connectivity index (χ3n) is 4.46. The minimum Gasteiger partial charge on any atom is -0.493 e. The summed E-state index contributed by atoms with van der Waals surface area (Å²) < 4.78 is 10.6. The predicted octanol–water partition coefficient (Wildman–Crippen LogP) is 0.822. The molecule has 144 valence electrons. The Bertz CT molecular complexity index is 765. The molecule has 0 atom stereocenters. The van der Waals surface area contributed by atoms with E-state index in [1.807, 2.05) is 23.1 Å². The quantitative estimate of drug-likeness (QED) is 0.681. The van der Waals surface area contributed by atoms with Gasteiger partial charge in [0.1, 0.15) is 0 Å². The maximum atomic E-state index is 10.8. The Morgan fingerprint density at radius 3 is 2.63 bits per heavy atom. The molecule has 1 aromatic carbocycles. The van der Waals surface area contributed by atoms with E-state index in [0.29, 0.717) is 50.2 Å². The Kier molecular flexibility index (Phi) is 6.24. The number of carbonyl (C=O) groups is 1. The van der Waals surface area contributed by atoms with E-state index < -0.39 is 0 Å². The van der Waals surface area contributed by atoms with Crippen LogP contribution in [0, 0.1) is 0 Å². The van der Waals surface area contributed by atoms with Gasteiger partial charge in [0.25, 0.3) is 0 Å². The van der Waals surface area contributed by atoms with Gasteiger partial charge in [-0.15, -0.1) is 5.10 Å². The number of carbonyl (C=O) groups excluding carboxylic acids is 1. The first-order valence-corrected chi connectivity index (χ1v) is 8.82. The van der Waals surface area contributed by atoms with Gasteiger partial charge in [-0.1, -0.05) is 6.07 Å². The highest BCUT2D eigenvalue weighted by Gasteiger charge is 2.18. The van der Waals surface area contributed by atoms with Crippen LogP contribution < -0.4 is 19.7 Å². The molecule has 3 rings (SSSR count). The second-order valence-corrected chi connectivity index (χ2v) is 6.14. The highest BCUT2D eigenvalue weighted by molar-refractivity contribution is 5.48. The van der Waals surface area contributed by atoms with Gasteiger partial charge in [-0.05, 0) is 24.1 Å². The molecule has 0 unspecified atom stereocenters. The number of ether oxygens (including phenoxy) is 2. The molecule has 9 nitrogen and oxygen atoms in total. The van der Waals surface area contributed by atoms with Crippen LogP contribution in [0.1, 0.15) is 5.56 Å². The van der Waals surface area contributed by atoms with Crippen molar-refractivity contribution in [2.24, 2.45) is 0 Å². The molecule has 1 aromatic heterocycles. The minimum absolute atomic E-state index is 0.580. The zero-order chi connectivity index (χ0) is 19.1. The molecule has 0 radical (unpaired) electrons. The third kappa shape index (κ3) is 4.75. The number of anilines is 2. The van der Waals surface area contributed by atoms with Crippen molar-refractivity contribution in [2.45, 2.75) is 6.42 Å². The smallest absolute Gasteiger partial charge is 0.247 e. The van der Waals surface area contributed by atoms with Gasteiger partial charge in [-0.25, -0.2) is 0 Å². The van der Waals surface area contributed by atoms with Gasteiger partial charge in [0, 0.05) is 32.7 Å². The van der Waals surface area contributed by atoms with Gasteiger partial charge >= 0.3 is 0 Å². The lowest BCUT2D eigenvalue weighted by Crippen LogP contribution is -2.46. The maximum Gasteiger partial charge on any atom is 0.247 e. The fraction of sp³-hybridized carbons (Fsp3) is 0.444. The third-order valence-corrected chi connectivity index (χ3v) is 4.46. The Hall–Kier alpha value is -3.10. The number of aromatic nitrogens is 3. The summed E-state index contributed by atoms with van der Waals surface area (Å²) in [5.74, 6) is 2.69. The number of nitrogens with zero attached hydrogens (tertiary/aromatic N) is 5. The Morgan fingerprint density at radius 1 is 1.15 bits per heavy atom. The molecule has 2 heterocycles. The van der Waals surface area contributed by atoms with E-state index in [4.69, 9.17) is 9.47 Å². The van der Waals surface area contributed by atoms with Gasteiger partial charge in [-0.2, -0.15) is 10.1 Å². The standard InChI is InChI=1S/C18H24N6O3/c1-26-15-4-3-14(11-16(15)27-2)5-6-19-17-12-20-22-18(21-17)24-9-7-23(13-25)8-10-24/h3-4,11-13H,5-10H2,1-2H3,(H,19,21,22). The van der Waals surface area contributed by atoms with Crippen LogP contribution in [0.4, 0.5) is 11.8 Å². The largest absolute Gasteiger partial charge is 0.493 e. The summed E-state index contributed by atoms with van der Waals surface area (Å²) in [5.41, 5.74) is 1.13. The number of methoxy groups -OCH3 is 2. The molecule has 1 amide bonds. The summed E-state index contributed by atoms with van der Waals surface area (Å²) in [6.45, 7) is 3.45. The number of hydrogen-bond donors (Lipinski definition) is 1. The molecule has 27 heavy (non-hydrogen) atoms. The van der Waals surface area contributed by atoms with Crippen LogP contribution in [-0.4, -0.2) is 73.4 Å². The predicted molar refractivity (Wildman–Crippen MR) is 101 cm³/mol. The number of benzene rings is 1. The normalized spacial score (nSPS) is 14.0. The van der Waals surface area contributed by atoms with Crippen molar-refractivity contribution in [2.75, 3.05) is 57.2 Å². The van der Waals surface area contributed by atoms with E-state index in [1.165, 1.54) is 0 Å². The van der Waals surface area contributed by atoms with Crippen LogP contribution >= 0.6 is 0 Å². The van der Waals surface area contributed by atoms with Gasteiger partial charge in [0.15, 0.2) is 17.3 Å². The first kappa shape index (κ1) is 18.7. The van der Waals surface area contributed by atoms with Gasteiger partial charge in [0.2, 0.25) is 12.4 Å². The van der Waals surface area contributed by atoms with Crippen LogP contribution in [-0.2, 0) is 11.2 Å². The number of rotatable bonds is 8. The number of piperazine rings is 1. The Balaban J connectivity index is 1.55. The average molecular weight is 372 g/mol. The summed E-state index contributed by atoms with van der Waals surface area (Å²) in [5, 5.41) is 11.4. The molecular formula is C18H24N6O3. The van der Waals surface area contributed by atoms with Crippen molar-refractivity contribution < 1.29 is 14.3 Å². The van der Waals surface area contributed by atoms with Crippen molar-refractivity contribution in [3.8, 4) is 11.5 Å². The molecule has 0 bridgehead atoms. The van der Waals surface area contributed by atoms with Crippen molar-refractivity contribution in [3.05, 3.63) is 30.0 Å². The van der Waals surface area contributed by atoms with Gasteiger partial charge in [0.05, 0.1) is 20.4 Å². The van der Waals surface area contributed by atoms with Crippen LogP contribution in [0.2, 0.25) is 0 Å². The zero-order valence-electron chi connectivity index (χ0n) is 15.6. The van der Waals surface area contributed by atoms with E-state index in [-0.39, 0.29) is 0 Å². The van der Waals surface area contributed by atoms with Crippen LogP contribution in [0.5, 0.6) is 11.5 Å². The fourth-order valence-corrected chi connectivity index (χ4v) is 2.91. The van der Waals surface area contributed by atoms with Crippen molar-refractivity contribution in [1.29, 1.82) is 0 Å². The summed E-state index contributed by atoms with van der Waals surface area (Å²) in [7, 11) is 3.25. The number of nitrogens with one attached hydrogen (secondary N) is 1. The van der Waals surface area contributed by atoms with Crippen molar-refractivity contribution in [3.63, 3.8) is 0 Å². The Labute approximate surface area is 158 Å². The second-order valence-electron chi connectivity index (χ2n) is 6.14. The van der Waals surface area contributed by atoms with E-state index in [2.05, 4.69) is 20.5 Å². The van der Waals surface area contributed by atoms with E-state index >= 15 is 0 Å². The SMILES string of the molecule is COc1ccc(CCNc2cnnc(N3CCN(C=O)CC3)n2)cc1OC.